The number of methoxy groups -OCH3 is 1. The molecule has 2 rings (SSSR count). The first-order chi connectivity index (χ1) is 9.47. The van der Waals surface area contributed by atoms with Gasteiger partial charge >= 0.3 is 5.97 Å². The molecule has 0 fully saturated rings. The zero-order valence-electron chi connectivity index (χ0n) is 11.6. The molecular weight excluding hydrogens is 284 g/mol. The molecule has 1 aromatic rings. The van der Waals surface area contributed by atoms with Gasteiger partial charge < -0.3 is 19.3 Å². The highest BCUT2D eigenvalue weighted by Gasteiger charge is 2.31. The summed E-state index contributed by atoms with van der Waals surface area (Å²) in [6, 6.07) is 1.56. The second-order valence-electron chi connectivity index (χ2n) is 4.79. The van der Waals surface area contributed by atoms with Gasteiger partial charge in [0.15, 0.2) is 17.6 Å². The van der Waals surface area contributed by atoms with Crippen molar-refractivity contribution in [3.63, 3.8) is 0 Å². The monoisotopic (exact) mass is 300 g/mol. The van der Waals surface area contributed by atoms with Crippen LogP contribution < -0.4 is 9.47 Å². The smallest absolute Gasteiger partial charge is 0.339 e. The number of hydrogen-bond acceptors (Lipinski definition) is 5. The van der Waals surface area contributed by atoms with E-state index in [2.05, 4.69) is 4.74 Å². The molecule has 0 spiro atoms. The van der Waals surface area contributed by atoms with Gasteiger partial charge in [-0.3, -0.25) is 0 Å². The molecule has 0 aliphatic carbocycles. The van der Waals surface area contributed by atoms with E-state index in [9.17, 15) is 9.90 Å². The molecule has 20 heavy (non-hydrogen) atoms. The third kappa shape index (κ3) is 2.55. The van der Waals surface area contributed by atoms with Crippen molar-refractivity contribution < 1.29 is 24.1 Å². The Morgan fingerprint density at radius 2 is 2.00 bits per heavy atom. The number of aliphatic hydroxyl groups is 1. The Labute approximate surface area is 122 Å². The number of hydrogen-bond donors (Lipinski definition) is 1. The van der Waals surface area contributed by atoms with E-state index in [1.807, 2.05) is 13.8 Å². The van der Waals surface area contributed by atoms with Crippen LogP contribution in [0.1, 0.15) is 37.0 Å². The summed E-state index contributed by atoms with van der Waals surface area (Å²) >= 11 is 6.20. The van der Waals surface area contributed by atoms with Crippen molar-refractivity contribution in [1.29, 1.82) is 0 Å². The maximum Gasteiger partial charge on any atom is 0.339 e. The van der Waals surface area contributed by atoms with Gasteiger partial charge in [-0.15, -0.1) is 0 Å². The fraction of sp³-hybridized carbons (Fsp3) is 0.500. The molecule has 0 radical (unpaired) electrons. The molecule has 5 nitrogen and oxygen atoms in total. The fourth-order valence-electron chi connectivity index (χ4n) is 2.27. The Morgan fingerprint density at radius 3 is 2.60 bits per heavy atom. The van der Waals surface area contributed by atoms with Crippen LogP contribution in [0.25, 0.3) is 0 Å². The maximum atomic E-state index is 11.6. The quantitative estimate of drug-likeness (QED) is 0.869. The van der Waals surface area contributed by atoms with Gasteiger partial charge in [0.05, 0.1) is 12.1 Å². The zero-order valence-corrected chi connectivity index (χ0v) is 12.4. The van der Waals surface area contributed by atoms with Crippen LogP contribution in [-0.4, -0.2) is 31.4 Å². The van der Waals surface area contributed by atoms with E-state index in [0.29, 0.717) is 35.8 Å². The number of halogens is 1. The Kier molecular flexibility index (Phi) is 4.40. The Bertz CT molecular complexity index is 527. The van der Waals surface area contributed by atoms with E-state index < -0.39 is 12.1 Å². The Hall–Kier alpha value is -1.46. The summed E-state index contributed by atoms with van der Waals surface area (Å²) < 4.78 is 15.7. The number of ether oxygens (including phenoxy) is 3. The van der Waals surface area contributed by atoms with Crippen molar-refractivity contribution in [2.24, 2.45) is 0 Å². The van der Waals surface area contributed by atoms with Crippen molar-refractivity contribution in [1.82, 2.24) is 0 Å². The molecule has 0 bridgehead atoms. The first-order valence-corrected chi connectivity index (χ1v) is 6.73. The Morgan fingerprint density at radius 1 is 1.35 bits per heavy atom. The van der Waals surface area contributed by atoms with Gasteiger partial charge in [-0.2, -0.15) is 0 Å². The van der Waals surface area contributed by atoms with Crippen molar-refractivity contribution in [2.45, 2.75) is 25.9 Å². The highest BCUT2D eigenvalue weighted by atomic mass is 35.5. The SMILES string of the molecule is COC(=O)C(O)c1c(Cl)cc2c(c1C(C)C)OCCO2. The molecule has 1 heterocycles. The van der Waals surface area contributed by atoms with Gasteiger partial charge in [0.2, 0.25) is 0 Å². The van der Waals surface area contributed by atoms with E-state index in [4.69, 9.17) is 21.1 Å². The molecule has 1 aromatic carbocycles. The summed E-state index contributed by atoms with van der Waals surface area (Å²) in [4.78, 5) is 11.6. The van der Waals surface area contributed by atoms with E-state index in [-0.39, 0.29) is 10.9 Å². The van der Waals surface area contributed by atoms with Crippen molar-refractivity contribution in [3.05, 3.63) is 22.2 Å². The minimum atomic E-state index is -1.44. The van der Waals surface area contributed by atoms with Crippen LogP contribution >= 0.6 is 11.6 Å². The molecule has 1 aliphatic heterocycles. The normalized spacial score (nSPS) is 15.1. The minimum absolute atomic E-state index is 0.00143. The highest BCUT2D eigenvalue weighted by molar-refractivity contribution is 6.32. The predicted molar refractivity (Wildman–Crippen MR) is 73.5 cm³/mol. The first-order valence-electron chi connectivity index (χ1n) is 6.35. The van der Waals surface area contributed by atoms with Gasteiger partial charge in [-0.25, -0.2) is 4.79 Å². The van der Waals surface area contributed by atoms with Crippen LogP contribution in [0.4, 0.5) is 0 Å². The summed E-state index contributed by atoms with van der Waals surface area (Å²) in [5.74, 6) is 0.309. The standard InChI is InChI=1S/C14H17ClO5/c1-7(2)10-11(12(16)14(17)18-3)8(15)6-9-13(10)20-5-4-19-9/h6-7,12,16H,4-5H2,1-3H3. The lowest BCUT2D eigenvalue weighted by Gasteiger charge is -2.27. The van der Waals surface area contributed by atoms with Crippen LogP contribution in [0.2, 0.25) is 5.02 Å². The number of fused-ring (bicyclic) bond motifs is 1. The lowest BCUT2D eigenvalue weighted by atomic mass is 9.92. The van der Waals surface area contributed by atoms with Crippen molar-refractivity contribution in [3.8, 4) is 11.5 Å². The van der Waals surface area contributed by atoms with Crippen LogP contribution in [0, 0.1) is 0 Å². The molecule has 1 N–H and O–H groups in total. The Balaban J connectivity index is 2.63. The number of aliphatic hydroxyl groups excluding tert-OH is 1. The van der Waals surface area contributed by atoms with Gasteiger partial charge in [-0.1, -0.05) is 25.4 Å². The second-order valence-corrected chi connectivity index (χ2v) is 5.20. The number of carbonyl (C=O) groups excluding carboxylic acids is 1. The molecule has 1 aliphatic rings. The topological polar surface area (TPSA) is 65.0 Å². The van der Waals surface area contributed by atoms with Crippen LogP contribution in [-0.2, 0) is 9.53 Å². The third-order valence-corrected chi connectivity index (χ3v) is 3.45. The lowest BCUT2D eigenvalue weighted by molar-refractivity contribution is -0.150. The highest BCUT2D eigenvalue weighted by Crippen LogP contribution is 2.45. The molecule has 0 amide bonds. The average molecular weight is 301 g/mol. The molecule has 0 saturated carbocycles. The third-order valence-electron chi connectivity index (χ3n) is 3.14. The largest absolute Gasteiger partial charge is 0.486 e. The van der Waals surface area contributed by atoms with Crippen molar-refractivity contribution >= 4 is 17.6 Å². The van der Waals surface area contributed by atoms with Gasteiger partial charge in [0.25, 0.3) is 0 Å². The molecule has 1 atom stereocenters. The van der Waals surface area contributed by atoms with Crippen LogP contribution in [0.3, 0.4) is 0 Å². The summed E-state index contributed by atoms with van der Waals surface area (Å²) in [7, 11) is 1.21. The lowest BCUT2D eigenvalue weighted by Crippen LogP contribution is -2.21. The molecule has 0 aromatic heterocycles. The van der Waals surface area contributed by atoms with Crippen LogP contribution in [0.5, 0.6) is 11.5 Å². The van der Waals surface area contributed by atoms with Gasteiger partial charge in [0, 0.05) is 17.2 Å². The fourth-order valence-corrected chi connectivity index (χ4v) is 2.58. The first kappa shape index (κ1) is 14.9. The summed E-state index contributed by atoms with van der Waals surface area (Å²) in [5, 5.41) is 10.4. The van der Waals surface area contributed by atoms with Gasteiger partial charge in [-0.05, 0) is 5.92 Å². The summed E-state index contributed by atoms with van der Waals surface area (Å²) in [6.45, 7) is 4.72. The number of carbonyl (C=O) groups is 1. The van der Waals surface area contributed by atoms with Crippen molar-refractivity contribution in [2.75, 3.05) is 20.3 Å². The molecule has 0 saturated heterocycles. The molecular formula is C14H17ClO5. The van der Waals surface area contributed by atoms with E-state index in [0.717, 1.165) is 0 Å². The molecule has 6 heteroatoms. The maximum absolute atomic E-state index is 11.6. The van der Waals surface area contributed by atoms with Gasteiger partial charge in [0.1, 0.15) is 13.2 Å². The molecule has 1 unspecified atom stereocenters. The zero-order chi connectivity index (χ0) is 14.9. The predicted octanol–water partition coefficient (Wildman–Crippen LogP) is 2.44. The van der Waals surface area contributed by atoms with E-state index in [1.54, 1.807) is 6.07 Å². The number of esters is 1. The van der Waals surface area contributed by atoms with E-state index in [1.165, 1.54) is 7.11 Å². The minimum Gasteiger partial charge on any atom is -0.486 e. The van der Waals surface area contributed by atoms with Crippen LogP contribution in [0.15, 0.2) is 6.07 Å². The average Bonchev–Trinajstić information content (AvgIpc) is 2.43. The summed E-state index contributed by atoms with van der Waals surface area (Å²) in [5.41, 5.74) is 0.989. The molecule has 110 valence electrons. The second kappa shape index (κ2) is 5.89. The number of rotatable bonds is 3. The van der Waals surface area contributed by atoms with E-state index >= 15 is 0 Å². The number of benzene rings is 1. The summed E-state index contributed by atoms with van der Waals surface area (Å²) in [6.07, 6.45) is -1.44.